The molecular formula is C20H23N3O4S2. The van der Waals surface area contributed by atoms with Crippen LogP contribution in [0.2, 0.25) is 0 Å². The summed E-state index contributed by atoms with van der Waals surface area (Å²) in [7, 11) is -3.57. The van der Waals surface area contributed by atoms with Crippen molar-refractivity contribution in [2.24, 2.45) is 5.92 Å². The molecular weight excluding hydrogens is 410 g/mol. The van der Waals surface area contributed by atoms with Crippen molar-refractivity contribution in [2.45, 2.75) is 29.9 Å². The minimum Gasteiger partial charge on any atom is -0.324 e. The van der Waals surface area contributed by atoms with Gasteiger partial charge in [0.25, 0.3) is 10.0 Å². The molecule has 9 heteroatoms. The number of thiophene rings is 1. The van der Waals surface area contributed by atoms with Crippen molar-refractivity contribution >= 4 is 44.5 Å². The molecule has 1 N–H and O–H groups in total. The zero-order valence-electron chi connectivity index (χ0n) is 15.9. The summed E-state index contributed by atoms with van der Waals surface area (Å²) in [4.78, 5) is 26.8. The van der Waals surface area contributed by atoms with E-state index < -0.39 is 15.9 Å². The fourth-order valence-electron chi connectivity index (χ4n) is 3.86. The Balaban J connectivity index is 1.49. The van der Waals surface area contributed by atoms with E-state index in [1.54, 1.807) is 28.5 Å². The maximum atomic E-state index is 12.9. The van der Waals surface area contributed by atoms with Crippen molar-refractivity contribution in [3.63, 3.8) is 0 Å². The number of carbonyl (C=O) groups is 2. The lowest BCUT2D eigenvalue weighted by Gasteiger charge is -2.31. The normalized spacial score (nSPS) is 20.8. The molecule has 0 spiro atoms. The molecule has 2 fully saturated rings. The Labute approximate surface area is 174 Å². The summed E-state index contributed by atoms with van der Waals surface area (Å²) in [5.41, 5.74) is 1.29. The van der Waals surface area contributed by atoms with Crippen LogP contribution in [0.4, 0.5) is 11.4 Å². The first-order chi connectivity index (χ1) is 14.0. The van der Waals surface area contributed by atoms with Crippen LogP contribution in [0.25, 0.3) is 0 Å². The van der Waals surface area contributed by atoms with Gasteiger partial charge in [-0.3, -0.25) is 9.59 Å². The smallest absolute Gasteiger partial charge is 0.252 e. The molecule has 0 bridgehead atoms. The molecule has 4 rings (SSSR count). The van der Waals surface area contributed by atoms with E-state index >= 15 is 0 Å². The summed E-state index contributed by atoms with van der Waals surface area (Å²) in [6, 6.07) is 10.6. The first-order valence-electron chi connectivity index (χ1n) is 9.71. The lowest BCUT2D eigenvalue weighted by Crippen LogP contribution is -2.43. The largest absolute Gasteiger partial charge is 0.324 e. The molecule has 29 heavy (non-hydrogen) atoms. The fraction of sp³-hybridized carbons (Fsp3) is 0.400. The molecule has 2 saturated heterocycles. The molecule has 1 aromatic carbocycles. The third kappa shape index (κ3) is 4.08. The van der Waals surface area contributed by atoms with E-state index in [2.05, 4.69) is 5.32 Å². The number of para-hydroxylation sites is 2. The van der Waals surface area contributed by atoms with E-state index in [9.17, 15) is 18.0 Å². The van der Waals surface area contributed by atoms with Crippen LogP contribution in [0.1, 0.15) is 25.7 Å². The van der Waals surface area contributed by atoms with E-state index in [0.717, 1.165) is 6.42 Å². The Morgan fingerprint density at radius 1 is 1.10 bits per heavy atom. The van der Waals surface area contributed by atoms with Gasteiger partial charge < -0.3 is 10.2 Å². The van der Waals surface area contributed by atoms with E-state index in [4.69, 9.17) is 0 Å². The van der Waals surface area contributed by atoms with E-state index in [1.807, 2.05) is 18.2 Å². The number of anilines is 2. The van der Waals surface area contributed by atoms with Gasteiger partial charge in [-0.15, -0.1) is 11.3 Å². The molecule has 2 aromatic rings. The SMILES string of the molecule is O=C(Nc1ccccc1N1CCCC1=O)[C@@H]1CCCN(S(=O)(=O)c2cccs2)C1. The molecule has 0 aliphatic carbocycles. The number of nitrogens with zero attached hydrogens (tertiary/aromatic N) is 2. The maximum Gasteiger partial charge on any atom is 0.252 e. The van der Waals surface area contributed by atoms with Gasteiger partial charge in [0.1, 0.15) is 4.21 Å². The van der Waals surface area contributed by atoms with Crippen LogP contribution in [-0.4, -0.2) is 44.2 Å². The Morgan fingerprint density at radius 3 is 2.66 bits per heavy atom. The van der Waals surface area contributed by atoms with Gasteiger partial charge in [0.05, 0.1) is 17.3 Å². The maximum absolute atomic E-state index is 12.9. The molecule has 2 amide bonds. The van der Waals surface area contributed by atoms with Gasteiger partial charge in [0, 0.05) is 26.1 Å². The summed E-state index contributed by atoms with van der Waals surface area (Å²) >= 11 is 1.18. The van der Waals surface area contributed by atoms with Gasteiger partial charge in [0.15, 0.2) is 0 Å². The van der Waals surface area contributed by atoms with E-state index in [0.29, 0.717) is 47.9 Å². The van der Waals surface area contributed by atoms with Crippen LogP contribution in [0.3, 0.4) is 0 Å². The quantitative estimate of drug-likeness (QED) is 0.786. The second kappa shape index (κ2) is 8.25. The average Bonchev–Trinajstić information content (AvgIpc) is 3.41. The van der Waals surface area contributed by atoms with Gasteiger partial charge in [-0.25, -0.2) is 8.42 Å². The van der Waals surface area contributed by atoms with Gasteiger partial charge in [-0.2, -0.15) is 4.31 Å². The van der Waals surface area contributed by atoms with Crippen LogP contribution in [0, 0.1) is 5.92 Å². The van der Waals surface area contributed by atoms with Gasteiger partial charge >= 0.3 is 0 Å². The summed E-state index contributed by atoms with van der Waals surface area (Å²) in [5.74, 6) is -0.589. The summed E-state index contributed by atoms with van der Waals surface area (Å²) in [6.07, 6.45) is 2.59. The Morgan fingerprint density at radius 2 is 1.93 bits per heavy atom. The predicted octanol–water partition coefficient (Wildman–Crippen LogP) is 2.91. The second-order valence-corrected chi connectivity index (χ2v) is 10.4. The molecule has 2 aliphatic heterocycles. The summed E-state index contributed by atoms with van der Waals surface area (Å²) < 4.78 is 27.3. The van der Waals surface area contributed by atoms with E-state index in [-0.39, 0.29) is 18.4 Å². The number of nitrogens with one attached hydrogen (secondary N) is 1. The first-order valence-corrected chi connectivity index (χ1v) is 12.0. The molecule has 1 aromatic heterocycles. The van der Waals surface area contributed by atoms with Crippen LogP contribution in [0.5, 0.6) is 0 Å². The van der Waals surface area contributed by atoms with Gasteiger partial charge in [0.2, 0.25) is 11.8 Å². The molecule has 0 saturated carbocycles. The predicted molar refractivity (Wildman–Crippen MR) is 112 cm³/mol. The summed E-state index contributed by atoms with van der Waals surface area (Å²) in [6.45, 7) is 1.22. The van der Waals surface area contributed by atoms with Crippen molar-refractivity contribution in [3.8, 4) is 0 Å². The van der Waals surface area contributed by atoms with Crippen LogP contribution < -0.4 is 10.2 Å². The molecule has 0 radical (unpaired) electrons. The minimum atomic E-state index is -3.57. The average molecular weight is 434 g/mol. The lowest BCUT2D eigenvalue weighted by molar-refractivity contribution is -0.121. The Hall–Kier alpha value is -2.23. The summed E-state index contributed by atoms with van der Waals surface area (Å²) in [5, 5.41) is 4.67. The number of benzene rings is 1. The van der Waals surface area contributed by atoms with Crippen molar-refractivity contribution in [2.75, 3.05) is 29.9 Å². The van der Waals surface area contributed by atoms with Crippen molar-refractivity contribution in [1.82, 2.24) is 4.31 Å². The second-order valence-electron chi connectivity index (χ2n) is 7.29. The van der Waals surface area contributed by atoms with Gasteiger partial charge in [-0.05, 0) is 42.8 Å². The zero-order valence-corrected chi connectivity index (χ0v) is 17.5. The number of hydrogen-bond acceptors (Lipinski definition) is 5. The molecule has 7 nitrogen and oxygen atoms in total. The van der Waals surface area contributed by atoms with Crippen LogP contribution >= 0.6 is 11.3 Å². The topological polar surface area (TPSA) is 86.8 Å². The third-order valence-corrected chi connectivity index (χ3v) is 8.61. The number of carbonyl (C=O) groups excluding carboxylic acids is 2. The third-order valence-electron chi connectivity index (χ3n) is 5.37. The highest BCUT2D eigenvalue weighted by molar-refractivity contribution is 7.91. The van der Waals surface area contributed by atoms with Crippen LogP contribution in [-0.2, 0) is 19.6 Å². The Bertz CT molecular complexity index is 1000. The molecule has 0 unspecified atom stereocenters. The number of amides is 2. The number of rotatable bonds is 5. The lowest BCUT2D eigenvalue weighted by atomic mass is 9.98. The van der Waals surface area contributed by atoms with Crippen molar-refractivity contribution in [1.29, 1.82) is 0 Å². The highest BCUT2D eigenvalue weighted by Crippen LogP contribution is 2.31. The minimum absolute atomic E-state index is 0.0533. The highest BCUT2D eigenvalue weighted by atomic mass is 32.2. The molecule has 154 valence electrons. The monoisotopic (exact) mass is 433 g/mol. The Kier molecular flexibility index (Phi) is 5.71. The number of hydrogen-bond donors (Lipinski definition) is 1. The van der Waals surface area contributed by atoms with Crippen LogP contribution in [0.15, 0.2) is 46.0 Å². The molecule has 2 aliphatic rings. The number of sulfonamides is 1. The first kappa shape index (κ1) is 20.1. The van der Waals surface area contributed by atoms with Crippen molar-refractivity contribution < 1.29 is 18.0 Å². The molecule has 1 atom stereocenters. The highest BCUT2D eigenvalue weighted by Gasteiger charge is 2.34. The zero-order chi connectivity index (χ0) is 20.4. The fourth-order valence-corrected chi connectivity index (χ4v) is 6.53. The van der Waals surface area contributed by atoms with E-state index in [1.165, 1.54) is 15.6 Å². The number of piperidine rings is 1. The molecule has 3 heterocycles. The standard InChI is InChI=1S/C20H23N3O4S2/c24-18-9-4-12-23(18)17-8-2-1-7-16(17)21-20(25)15-6-3-11-22(14-15)29(26,27)19-10-5-13-28-19/h1-2,5,7-8,10,13,15H,3-4,6,9,11-12,14H2,(H,21,25)/t15-/m1/s1. The van der Waals surface area contributed by atoms with Gasteiger partial charge in [-0.1, -0.05) is 18.2 Å². The van der Waals surface area contributed by atoms with Crippen molar-refractivity contribution in [3.05, 3.63) is 41.8 Å².